The van der Waals surface area contributed by atoms with Gasteiger partial charge in [-0.3, -0.25) is 0 Å². The van der Waals surface area contributed by atoms with Crippen molar-refractivity contribution in [3.05, 3.63) is 36.0 Å². The van der Waals surface area contributed by atoms with Gasteiger partial charge in [-0.15, -0.1) is 0 Å². The van der Waals surface area contributed by atoms with Crippen LogP contribution in [0, 0.1) is 17.3 Å². The van der Waals surface area contributed by atoms with Crippen LogP contribution in [0.15, 0.2) is 36.0 Å². The van der Waals surface area contributed by atoms with Crippen molar-refractivity contribution in [1.29, 1.82) is 0 Å². The highest BCUT2D eigenvalue weighted by Crippen LogP contribution is 2.49. The Morgan fingerprint density at radius 1 is 1.04 bits per heavy atom. The van der Waals surface area contributed by atoms with E-state index in [4.69, 9.17) is 0 Å². The van der Waals surface area contributed by atoms with E-state index in [9.17, 15) is 0 Å². The first-order valence-corrected chi connectivity index (χ1v) is 11.1. The lowest BCUT2D eigenvalue weighted by Gasteiger charge is -2.47. The average Bonchev–Trinajstić information content (AvgIpc) is 2.57. The summed E-state index contributed by atoms with van der Waals surface area (Å²) in [7, 11) is 0. The molecule has 0 radical (unpaired) electrons. The minimum absolute atomic E-state index is 0.550. The van der Waals surface area contributed by atoms with E-state index >= 15 is 0 Å². The highest BCUT2D eigenvalue weighted by molar-refractivity contribution is 5.17. The summed E-state index contributed by atoms with van der Waals surface area (Å²) < 4.78 is 0. The van der Waals surface area contributed by atoms with Crippen LogP contribution in [-0.4, -0.2) is 12.1 Å². The lowest BCUT2D eigenvalue weighted by molar-refractivity contribution is 0.0657. The number of nitrogens with one attached hydrogen (secondary N) is 1. The first-order valence-electron chi connectivity index (χ1n) is 11.1. The van der Waals surface area contributed by atoms with Crippen molar-refractivity contribution < 1.29 is 0 Å². The highest BCUT2D eigenvalue weighted by Gasteiger charge is 2.41. The van der Waals surface area contributed by atoms with Crippen LogP contribution in [0.3, 0.4) is 0 Å². The van der Waals surface area contributed by atoms with Crippen LogP contribution in [0.25, 0.3) is 0 Å². The van der Waals surface area contributed by atoms with Crippen molar-refractivity contribution in [2.24, 2.45) is 17.3 Å². The molecule has 1 heteroatoms. The van der Waals surface area contributed by atoms with Gasteiger partial charge in [0.05, 0.1) is 0 Å². The summed E-state index contributed by atoms with van der Waals surface area (Å²) in [5.74, 6) is 1.46. The zero-order chi connectivity index (χ0) is 19.6. The average molecular weight is 360 g/mol. The normalized spacial score (nSPS) is 25.5. The van der Waals surface area contributed by atoms with Crippen LogP contribution < -0.4 is 5.32 Å². The second kappa shape index (κ2) is 11.8. The Bertz CT molecular complexity index is 463. The molecule has 1 aliphatic rings. The lowest BCUT2D eigenvalue weighted by Crippen LogP contribution is -2.46. The van der Waals surface area contributed by atoms with Crippen molar-refractivity contribution in [3.63, 3.8) is 0 Å². The first-order chi connectivity index (χ1) is 12.4. The Labute approximate surface area is 164 Å². The van der Waals surface area contributed by atoms with Gasteiger partial charge in [0.15, 0.2) is 0 Å². The van der Waals surface area contributed by atoms with E-state index in [1.807, 2.05) is 0 Å². The van der Waals surface area contributed by atoms with E-state index in [1.165, 1.54) is 50.5 Å². The number of hydrogen-bond acceptors (Lipinski definition) is 1. The third-order valence-electron chi connectivity index (χ3n) is 6.29. The molecule has 0 bridgehead atoms. The predicted octanol–water partition coefficient (Wildman–Crippen LogP) is 7.45. The molecule has 0 aliphatic heterocycles. The van der Waals surface area contributed by atoms with Gasteiger partial charge in [0, 0.05) is 12.1 Å². The van der Waals surface area contributed by atoms with E-state index in [2.05, 4.69) is 84.2 Å². The molecule has 3 unspecified atom stereocenters. The van der Waals surface area contributed by atoms with Crippen LogP contribution in [-0.2, 0) is 0 Å². The summed E-state index contributed by atoms with van der Waals surface area (Å²) in [6.07, 6.45) is 20.4. The van der Waals surface area contributed by atoms with Crippen molar-refractivity contribution in [1.82, 2.24) is 5.32 Å². The predicted molar refractivity (Wildman–Crippen MR) is 119 cm³/mol. The summed E-state index contributed by atoms with van der Waals surface area (Å²) >= 11 is 0. The van der Waals surface area contributed by atoms with Crippen LogP contribution in [0.2, 0.25) is 0 Å². The summed E-state index contributed by atoms with van der Waals surface area (Å²) in [6.45, 7) is 16.2. The van der Waals surface area contributed by atoms with E-state index in [1.54, 1.807) is 0 Å². The van der Waals surface area contributed by atoms with E-state index in [0.29, 0.717) is 23.4 Å². The Kier molecular flexibility index (Phi) is 10.5. The molecule has 0 aromatic heterocycles. The Morgan fingerprint density at radius 2 is 1.69 bits per heavy atom. The van der Waals surface area contributed by atoms with Crippen molar-refractivity contribution >= 4 is 0 Å². The third-order valence-corrected chi connectivity index (χ3v) is 6.29. The van der Waals surface area contributed by atoms with Crippen molar-refractivity contribution in [2.75, 3.05) is 0 Å². The molecule has 0 spiro atoms. The molecular weight excluding hydrogens is 314 g/mol. The molecule has 1 fully saturated rings. The van der Waals surface area contributed by atoms with E-state index in [-0.39, 0.29) is 0 Å². The van der Waals surface area contributed by atoms with Crippen LogP contribution in [0.4, 0.5) is 0 Å². The van der Waals surface area contributed by atoms with Gasteiger partial charge in [-0.1, -0.05) is 83.4 Å². The third kappa shape index (κ3) is 7.43. The fourth-order valence-corrected chi connectivity index (χ4v) is 5.17. The molecule has 0 amide bonds. The van der Waals surface area contributed by atoms with Gasteiger partial charge in [-0.2, -0.15) is 0 Å². The molecule has 3 atom stereocenters. The maximum atomic E-state index is 3.89. The molecular formula is C25H45N. The lowest BCUT2D eigenvalue weighted by atomic mass is 9.60. The van der Waals surface area contributed by atoms with Gasteiger partial charge in [0.1, 0.15) is 0 Å². The van der Waals surface area contributed by atoms with Crippen LogP contribution >= 0.6 is 0 Å². The van der Waals surface area contributed by atoms with Gasteiger partial charge < -0.3 is 5.32 Å². The molecule has 1 nitrogen and oxygen atoms in total. The monoisotopic (exact) mass is 359 g/mol. The Morgan fingerprint density at radius 3 is 2.23 bits per heavy atom. The van der Waals surface area contributed by atoms with Gasteiger partial charge >= 0.3 is 0 Å². The maximum absolute atomic E-state index is 3.89. The zero-order valence-corrected chi connectivity index (χ0v) is 18.6. The standard InChI is InChI=1S/C25H45N/c1-8-11-12-13-14-21(6)22(7)23-17-24(26-20(4)5)19-25(18-23,15-9-2)16-10-3/h8,11-14,20,22-24,26H,9-10,15-19H2,1-7H3/b11-8-,13-12-,21-14+. The van der Waals surface area contributed by atoms with Crippen molar-refractivity contribution in [3.8, 4) is 0 Å². The minimum Gasteiger partial charge on any atom is -0.312 e. The molecule has 1 saturated carbocycles. The molecule has 1 aliphatic carbocycles. The largest absolute Gasteiger partial charge is 0.312 e. The van der Waals surface area contributed by atoms with Crippen molar-refractivity contribution in [2.45, 2.75) is 105 Å². The quantitative estimate of drug-likeness (QED) is 0.399. The smallest absolute Gasteiger partial charge is 0.00775 e. The Hall–Kier alpha value is -0.820. The van der Waals surface area contributed by atoms with Gasteiger partial charge in [0.25, 0.3) is 0 Å². The highest BCUT2D eigenvalue weighted by atomic mass is 14.9. The summed E-state index contributed by atoms with van der Waals surface area (Å²) in [5.41, 5.74) is 2.08. The molecule has 1 N–H and O–H groups in total. The first kappa shape index (κ1) is 23.2. The van der Waals surface area contributed by atoms with Gasteiger partial charge in [-0.25, -0.2) is 0 Å². The summed E-state index contributed by atoms with van der Waals surface area (Å²) in [5, 5.41) is 3.89. The molecule has 0 saturated heterocycles. The molecule has 0 aromatic carbocycles. The SMILES string of the molecule is C\C=C/C=C\C=C(/C)C(C)C1CC(NC(C)C)CC(CCC)(CCC)C1. The van der Waals surface area contributed by atoms with Crippen LogP contribution in [0.5, 0.6) is 0 Å². The topological polar surface area (TPSA) is 12.0 Å². The fourth-order valence-electron chi connectivity index (χ4n) is 5.17. The molecule has 26 heavy (non-hydrogen) atoms. The number of allylic oxidation sites excluding steroid dienone is 6. The van der Waals surface area contributed by atoms with Gasteiger partial charge in [0.2, 0.25) is 0 Å². The number of hydrogen-bond donors (Lipinski definition) is 1. The van der Waals surface area contributed by atoms with E-state index < -0.39 is 0 Å². The van der Waals surface area contributed by atoms with E-state index in [0.717, 1.165) is 5.92 Å². The molecule has 0 heterocycles. The fraction of sp³-hybridized carbons (Fsp3) is 0.760. The van der Waals surface area contributed by atoms with Gasteiger partial charge in [-0.05, 0) is 63.2 Å². The summed E-state index contributed by atoms with van der Waals surface area (Å²) in [4.78, 5) is 0. The second-order valence-electron chi connectivity index (χ2n) is 9.03. The number of rotatable bonds is 10. The second-order valence-corrected chi connectivity index (χ2v) is 9.03. The Balaban J connectivity index is 2.98. The molecule has 1 rings (SSSR count). The molecule has 150 valence electrons. The van der Waals surface area contributed by atoms with Crippen LogP contribution in [0.1, 0.15) is 93.4 Å². The minimum atomic E-state index is 0.550. The maximum Gasteiger partial charge on any atom is 0.00775 e. The summed E-state index contributed by atoms with van der Waals surface area (Å²) in [6, 6.07) is 1.26. The zero-order valence-electron chi connectivity index (χ0n) is 18.6. The molecule has 0 aromatic rings.